The van der Waals surface area contributed by atoms with E-state index in [0.29, 0.717) is 18.8 Å². The van der Waals surface area contributed by atoms with E-state index in [9.17, 15) is 30.6 Å². The van der Waals surface area contributed by atoms with Crippen LogP contribution < -0.4 is 0 Å². The molecule has 0 amide bonds. The van der Waals surface area contributed by atoms with Crippen LogP contribution in [0.25, 0.3) is 0 Å². The highest BCUT2D eigenvalue weighted by molar-refractivity contribution is 5.33. The van der Waals surface area contributed by atoms with Gasteiger partial charge in [0.05, 0.1) is 42.2 Å². The van der Waals surface area contributed by atoms with E-state index >= 15 is 0 Å². The van der Waals surface area contributed by atoms with E-state index in [1.54, 1.807) is 0 Å². The summed E-state index contributed by atoms with van der Waals surface area (Å²) in [4.78, 5) is 0. The topological polar surface area (TPSA) is 149 Å². The highest BCUT2D eigenvalue weighted by Gasteiger charge is 2.85. The second-order valence-electron chi connectivity index (χ2n) is 18.3. The zero-order chi connectivity index (χ0) is 32.0. The smallest absolute Gasteiger partial charge is 0.186 e. The first kappa shape index (κ1) is 32.2. The minimum atomic E-state index is -1.33. The van der Waals surface area contributed by atoms with Crippen molar-refractivity contribution in [3.63, 3.8) is 0 Å². The lowest BCUT2D eigenvalue weighted by Crippen LogP contribution is -2.63. The molecule has 0 aromatic heterocycles. The summed E-state index contributed by atoms with van der Waals surface area (Å²) < 4.78 is 18.7. The van der Waals surface area contributed by atoms with Crippen molar-refractivity contribution in [3.05, 3.63) is 0 Å². The number of fused-ring (bicyclic) bond motifs is 2. The van der Waals surface area contributed by atoms with Gasteiger partial charge in [-0.15, -0.1) is 0 Å². The normalized spacial score (nSPS) is 59.8. The monoisotopic (exact) mass is 622 g/mol. The van der Waals surface area contributed by atoms with Gasteiger partial charge in [-0.2, -0.15) is 0 Å². The van der Waals surface area contributed by atoms with Crippen molar-refractivity contribution in [2.45, 2.75) is 166 Å². The molecule has 0 bridgehead atoms. The maximum Gasteiger partial charge on any atom is 0.186 e. The van der Waals surface area contributed by atoms with Crippen LogP contribution >= 0.6 is 0 Å². The Morgan fingerprint density at radius 2 is 1.45 bits per heavy atom. The molecule has 5 aliphatic carbocycles. The summed E-state index contributed by atoms with van der Waals surface area (Å²) in [7, 11) is 0. The molecule has 6 N–H and O–H groups in total. The van der Waals surface area contributed by atoms with Crippen molar-refractivity contribution >= 4 is 0 Å². The molecule has 16 atom stereocenters. The quantitative estimate of drug-likeness (QED) is 0.260. The lowest BCUT2D eigenvalue weighted by Gasteiger charge is -2.64. The van der Waals surface area contributed by atoms with E-state index in [2.05, 4.69) is 34.6 Å². The standard InChI is InChI=1S/C35H58O9/c1-29(2)22(43-28-25(40)24(39)20(38)16-42-28)9-11-35-17-34(35)13-12-31(5)27(33(7)10-8-23(44-33)30(3,4)41)19(37)15-32(31,6)21(34)14-18(36)26(29)35/h18-28,36-41H,8-17H2,1-7H3/t18-,19+,20-,21-,22-,23+,24-,25-,26-,27-,28-,31-,32+,33-,34+,35-/m1/s1. The lowest BCUT2D eigenvalue weighted by molar-refractivity contribution is -0.306. The Hall–Kier alpha value is -0.360. The predicted molar refractivity (Wildman–Crippen MR) is 161 cm³/mol. The molecule has 2 heterocycles. The van der Waals surface area contributed by atoms with Crippen molar-refractivity contribution in [1.29, 1.82) is 0 Å². The van der Waals surface area contributed by atoms with Crippen LogP contribution in [0.15, 0.2) is 0 Å². The molecule has 5 saturated carbocycles. The van der Waals surface area contributed by atoms with E-state index < -0.39 is 53.4 Å². The van der Waals surface area contributed by atoms with Crippen molar-refractivity contribution in [2.24, 2.45) is 44.8 Å². The van der Waals surface area contributed by atoms with Crippen molar-refractivity contribution in [2.75, 3.05) is 6.61 Å². The van der Waals surface area contributed by atoms with Gasteiger partial charge >= 0.3 is 0 Å². The Bertz CT molecular complexity index is 1160. The van der Waals surface area contributed by atoms with Gasteiger partial charge in [-0.05, 0) is 117 Å². The zero-order valence-electron chi connectivity index (χ0n) is 27.8. The third-order valence-electron chi connectivity index (χ3n) is 15.5. The van der Waals surface area contributed by atoms with E-state index in [0.717, 1.165) is 44.9 Å². The maximum absolute atomic E-state index is 12.1. The summed E-state index contributed by atoms with van der Waals surface area (Å²) in [6.45, 7) is 14.8. The molecular formula is C35H58O9. The Kier molecular flexibility index (Phi) is 7.04. The molecule has 7 rings (SSSR count). The number of ether oxygens (including phenoxy) is 3. The molecule has 7 fully saturated rings. The Balaban J connectivity index is 1.15. The van der Waals surface area contributed by atoms with Gasteiger partial charge in [0, 0.05) is 5.92 Å². The Morgan fingerprint density at radius 3 is 2.11 bits per heavy atom. The van der Waals surface area contributed by atoms with Gasteiger partial charge in [0.15, 0.2) is 6.29 Å². The third-order valence-corrected chi connectivity index (χ3v) is 15.5. The van der Waals surface area contributed by atoms with Gasteiger partial charge in [0.25, 0.3) is 0 Å². The van der Waals surface area contributed by atoms with Gasteiger partial charge in [0.1, 0.15) is 18.3 Å². The van der Waals surface area contributed by atoms with Crippen LogP contribution in [0.5, 0.6) is 0 Å². The van der Waals surface area contributed by atoms with Gasteiger partial charge in [-0.25, -0.2) is 0 Å². The minimum absolute atomic E-state index is 0.00753. The molecule has 9 nitrogen and oxygen atoms in total. The molecule has 0 radical (unpaired) electrons. The molecule has 2 aliphatic heterocycles. The van der Waals surface area contributed by atoms with Gasteiger partial charge in [-0.1, -0.05) is 27.7 Å². The van der Waals surface area contributed by atoms with Gasteiger partial charge in [0.2, 0.25) is 0 Å². The van der Waals surface area contributed by atoms with Crippen LogP contribution in [0.2, 0.25) is 0 Å². The first-order valence-corrected chi connectivity index (χ1v) is 17.4. The van der Waals surface area contributed by atoms with Crippen LogP contribution in [0, 0.1) is 44.8 Å². The number of rotatable bonds is 4. The number of hydrogen-bond donors (Lipinski definition) is 6. The van der Waals surface area contributed by atoms with Crippen LogP contribution in [0.1, 0.15) is 106 Å². The Morgan fingerprint density at radius 1 is 0.750 bits per heavy atom. The van der Waals surface area contributed by atoms with Crippen LogP contribution in [0.3, 0.4) is 0 Å². The van der Waals surface area contributed by atoms with Gasteiger partial charge < -0.3 is 44.8 Å². The highest BCUT2D eigenvalue weighted by atomic mass is 16.7. The fraction of sp³-hybridized carbons (Fsp3) is 1.00. The average Bonchev–Trinajstić information content (AvgIpc) is 3.27. The SMILES string of the molecule is CC(C)(O)[C@@H]1CC[C@](C)([C@@H]2[C@@H](O)C[C@@]3(C)[C@H]4C[C@@H](O)[C@@H]5C(C)(C)[C@H](O[C@H]6OC[C@@H](O)[C@@H](O)[C@H]6O)CC[C@@]56C[C@@]46CC[C@]23C)O1. The highest BCUT2D eigenvalue weighted by Crippen LogP contribution is 2.89. The number of aliphatic hydroxyl groups excluding tert-OH is 5. The zero-order valence-corrected chi connectivity index (χ0v) is 27.8. The predicted octanol–water partition coefficient (Wildman–Crippen LogP) is 2.90. The molecule has 2 saturated heterocycles. The van der Waals surface area contributed by atoms with Crippen LogP contribution in [-0.4, -0.2) is 97.5 Å². The minimum Gasteiger partial charge on any atom is -0.393 e. The van der Waals surface area contributed by atoms with Crippen LogP contribution in [-0.2, 0) is 14.2 Å². The third kappa shape index (κ3) is 3.97. The molecule has 0 aromatic rings. The van der Waals surface area contributed by atoms with Crippen molar-refractivity contribution in [3.8, 4) is 0 Å². The number of hydrogen-bond acceptors (Lipinski definition) is 9. The maximum atomic E-state index is 12.1. The molecule has 9 heteroatoms. The average molecular weight is 623 g/mol. The fourth-order valence-electron chi connectivity index (χ4n) is 13.4. The molecule has 0 unspecified atom stereocenters. The summed E-state index contributed by atoms with van der Waals surface area (Å²) in [5.41, 5.74) is -2.01. The fourth-order valence-corrected chi connectivity index (χ4v) is 13.4. The summed E-state index contributed by atoms with van der Waals surface area (Å²) in [6.07, 6.45) is 1.57. The lowest BCUT2D eigenvalue weighted by atomic mass is 9.41. The summed E-state index contributed by atoms with van der Waals surface area (Å²) in [6, 6.07) is 0. The van der Waals surface area contributed by atoms with Crippen molar-refractivity contribution < 1.29 is 44.8 Å². The second-order valence-corrected chi connectivity index (χ2v) is 18.3. The molecule has 0 aromatic carbocycles. The van der Waals surface area contributed by atoms with E-state index in [1.807, 2.05) is 13.8 Å². The molecule has 7 aliphatic rings. The first-order valence-electron chi connectivity index (χ1n) is 17.4. The largest absolute Gasteiger partial charge is 0.393 e. The summed E-state index contributed by atoms with van der Waals surface area (Å²) in [5, 5.41) is 65.5. The van der Waals surface area contributed by atoms with E-state index in [1.165, 1.54) is 0 Å². The van der Waals surface area contributed by atoms with E-state index in [4.69, 9.17) is 14.2 Å². The van der Waals surface area contributed by atoms with Gasteiger partial charge in [-0.3, -0.25) is 0 Å². The molecular weight excluding hydrogens is 564 g/mol. The molecule has 252 valence electrons. The first-order chi connectivity index (χ1) is 20.3. The number of aliphatic hydroxyl groups is 6. The summed E-state index contributed by atoms with van der Waals surface area (Å²) in [5.74, 6) is 0.285. The molecule has 2 spiro atoms. The van der Waals surface area contributed by atoms with E-state index in [-0.39, 0.29) is 52.3 Å². The molecule has 44 heavy (non-hydrogen) atoms. The Labute approximate surface area is 262 Å². The van der Waals surface area contributed by atoms with Crippen molar-refractivity contribution in [1.82, 2.24) is 0 Å². The second kappa shape index (κ2) is 9.63. The van der Waals surface area contributed by atoms with Crippen LogP contribution in [0.4, 0.5) is 0 Å². The summed E-state index contributed by atoms with van der Waals surface area (Å²) >= 11 is 0.